The predicted octanol–water partition coefficient (Wildman–Crippen LogP) is 6.22. The third-order valence-corrected chi connectivity index (χ3v) is 9.64. The van der Waals surface area contributed by atoms with Crippen molar-refractivity contribution in [3.05, 3.63) is 67.3 Å². The molecule has 0 saturated carbocycles. The van der Waals surface area contributed by atoms with E-state index in [0.29, 0.717) is 38.2 Å². The fourth-order valence-corrected chi connectivity index (χ4v) is 7.41. The van der Waals surface area contributed by atoms with Gasteiger partial charge in [0, 0.05) is 0 Å². The molecule has 2 aromatic carbocycles. The Labute approximate surface area is 279 Å². The van der Waals surface area contributed by atoms with Crippen LogP contribution in [0.4, 0.5) is 32.0 Å². The number of imide groups is 1. The van der Waals surface area contributed by atoms with E-state index in [4.69, 9.17) is 9.39 Å². The van der Waals surface area contributed by atoms with Gasteiger partial charge in [0.15, 0.2) is 11.5 Å². The van der Waals surface area contributed by atoms with Gasteiger partial charge in [-0.25, -0.2) is 4.90 Å². The van der Waals surface area contributed by atoms with E-state index in [9.17, 15) is 51.2 Å². The summed E-state index contributed by atoms with van der Waals surface area (Å²) in [5, 5.41) is 31.1. The van der Waals surface area contributed by atoms with Gasteiger partial charge in [-0.1, -0.05) is 11.6 Å². The van der Waals surface area contributed by atoms with E-state index in [2.05, 4.69) is 0 Å². The molecular weight excluding hydrogens is 750 g/mol. The summed E-state index contributed by atoms with van der Waals surface area (Å²) < 4.78 is 93.1. The van der Waals surface area contributed by atoms with Crippen LogP contribution in [0.2, 0.25) is 6.32 Å². The summed E-state index contributed by atoms with van der Waals surface area (Å²) in [6, 6.07) is 4.00. The fraction of sp³-hybridized carbons (Fsp3) is 0.419. The topological polar surface area (TPSA) is 117 Å². The van der Waals surface area contributed by atoms with Crippen LogP contribution in [0.5, 0.6) is 11.5 Å². The average Bonchev–Trinajstić information content (AvgIpc) is 3.24. The number of rotatable bonds is 7. The van der Waals surface area contributed by atoms with E-state index in [0.717, 1.165) is 11.1 Å². The van der Waals surface area contributed by atoms with E-state index >= 15 is 0 Å². The number of fused-ring (bicyclic) bond motifs is 3. The van der Waals surface area contributed by atoms with Crippen LogP contribution in [0.3, 0.4) is 0 Å². The van der Waals surface area contributed by atoms with Gasteiger partial charge in [-0.15, -0.1) is 0 Å². The van der Waals surface area contributed by atoms with Gasteiger partial charge in [0.25, 0.3) is 0 Å². The number of aliphatic hydroxyl groups is 1. The van der Waals surface area contributed by atoms with E-state index in [1.807, 2.05) is 35.6 Å². The van der Waals surface area contributed by atoms with Crippen LogP contribution in [0, 0.1) is 21.3 Å². The number of methoxy groups -OCH3 is 1. The number of anilines is 1. The van der Waals surface area contributed by atoms with E-state index in [1.54, 1.807) is 12.1 Å². The number of aliphatic hydroxyl groups excluding tert-OH is 1. The number of carbonyl (C=O) groups excluding carboxylic acids is 2. The molecule has 3 aliphatic rings. The second-order valence-corrected chi connectivity index (χ2v) is 13.0. The van der Waals surface area contributed by atoms with Crippen LogP contribution < -0.4 is 9.64 Å². The first-order valence-electron chi connectivity index (χ1n) is 14.5. The fourth-order valence-electron chi connectivity index (χ4n) is 6.78. The molecule has 2 amide bonds. The number of hydrogen-bond acceptors (Lipinski definition) is 7. The second-order valence-electron chi connectivity index (χ2n) is 11.8. The second kappa shape index (κ2) is 13.1. The number of phenols is 1. The molecule has 4 atom stereocenters. The van der Waals surface area contributed by atoms with Gasteiger partial charge < -0.3 is 24.6 Å². The molecule has 252 valence electrons. The summed E-state index contributed by atoms with van der Waals surface area (Å²) in [7, 11) is 0.0396. The number of ether oxygens (including phenoxy) is 1. The number of nitrogens with zero attached hydrogens (tertiary/aromatic N) is 1. The predicted molar refractivity (Wildman–Crippen MR) is 166 cm³/mol. The SMILES string of the molecule is COc1cc(/C=C(\C)CC[C@H]2OB(O)C[C@H]3C2=C(CO)C[C@H]2C(=O)N(c4cc(C(F)(F)F)cc(C(F)(F)F)c4)C(=O)[C@H]23)cc(I)c1O. The zero-order chi connectivity index (χ0) is 34.6. The Kier molecular flexibility index (Phi) is 9.81. The van der Waals surface area contributed by atoms with Gasteiger partial charge in [0.2, 0.25) is 11.8 Å². The highest BCUT2D eigenvalue weighted by Crippen LogP contribution is 2.52. The van der Waals surface area contributed by atoms with Crippen molar-refractivity contribution in [3.63, 3.8) is 0 Å². The van der Waals surface area contributed by atoms with Crippen molar-refractivity contribution in [1.82, 2.24) is 0 Å². The number of allylic oxidation sites excluding steroid dienone is 1. The number of aromatic hydroxyl groups is 1. The molecule has 0 aromatic heterocycles. The van der Waals surface area contributed by atoms with Crippen LogP contribution in [-0.2, 0) is 26.6 Å². The minimum Gasteiger partial charge on any atom is -0.504 e. The molecule has 2 aliphatic heterocycles. The highest BCUT2D eigenvalue weighted by atomic mass is 127. The van der Waals surface area contributed by atoms with Crippen LogP contribution in [0.15, 0.2) is 47.1 Å². The zero-order valence-electron chi connectivity index (χ0n) is 25.0. The summed E-state index contributed by atoms with van der Waals surface area (Å²) >= 11 is 1.97. The van der Waals surface area contributed by atoms with Gasteiger partial charge in [-0.05, 0) is 108 Å². The first kappa shape index (κ1) is 35.2. The summed E-state index contributed by atoms with van der Waals surface area (Å²) in [5.41, 5.74) is -1.70. The van der Waals surface area contributed by atoms with Crippen molar-refractivity contribution in [1.29, 1.82) is 0 Å². The highest BCUT2D eigenvalue weighted by molar-refractivity contribution is 14.1. The smallest absolute Gasteiger partial charge is 0.455 e. The van der Waals surface area contributed by atoms with Crippen molar-refractivity contribution >= 4 is 53.3 Å². The van der Waals surface area contributed by atoms with Crippen LogP contribution in [0.25, 0.3) is 6.08 Å². The number of halogens is 7. The maximum Gasteiger partial charge on any atom is 0.455 e. The van der Waals surface area contributed by atoms with Crippen LogP contribution in [0.1, 0.15) is 42.9 Å². The van der Waals surface area contributed by atoms with Gasteiger partial charge in [0.1, 0.15) is 0 Å². The van der Waals surface area contributed by atoms with E-state index in [1.165, 1.54) is 7.11 Å². The standard InChI is InChI=1S/C31H29BF6INO7/c1-14(5-15-6-22(39)27(42)24(7-15)46-2)3-4-23-25-16(13-41)8-20-26(21(25)12-32(45)47-23)29(44)40(28(20)43)19-10-17(30(33,34)35)9-18(11-19)31(36,37)38/h5-7,9-11,20-21,23,26,41-42,45H,3-4,8,12-13H2,1-2H3/b14-5+/t20-,21+,23-,26-/m1/s1. The molecule has 0 radical (unpaired) electrons. The Morgan fingerprint density at radius 3 is 2.28 bits per heavy atom. The largest absolute Gasteiger partial charge is 0.504 e. The normalized spacial score (nSPS) is 23.8. The highest BCUT2D eigenvalue weighted by Gasteiger charge is 2.58. The van der Waals surface area contributed by atoms with Crippen molar-refractivity contribution in [2.24, 2.45) is 17.8 Å². The van der Waals surface area contributed by atoms with Gasteiger partial charge in [-0.2, -0.15) is 26.3 Å². The lowest BCUT2D eigenvalue weighted by molar-refractivity contribution is -0.143. The lowest BCUT2D eigenvalue weighted by Gasteiger charge is -2.42. The summed E-state index contributed by atoms with van der Waals surface area (Å²) in [6.07, 6.45) is -8.94. The molecule has 0 spiro atoms. The molecule has 2 saturated heterocycles. The molecule has 16 heteroatoms. The van der Waals surface area contributed by atoms with Crippen molar-refractivity contribution in [2.75, 3.05) is 18.6 Å². The number of benzene rings is 2. The van der Waals surface area contributed by atoms with Gasteiger partial charge >= 0.3 is 19.5 Å². The minimum atomic E-state index is -5.19. The number of carbonyl (C=O) groups is 2. The molecule has 0 bridgehead atoms. The molecule has 0 unspecified atom stereocenters. The maximum atomic E-state index is 13.8. The van der Waals surface area contributed by atoms with Gasteiger partial charge in [0.05, 0.1) is 52.0 Å². The van der Waals surface area contributed by atoms with Crippen molar-refractivity contribution in [3.8, 4) is 11.5 Å². The average molecular weight is 779 g/mol. The van der Waals surface area contributed by atoms with Gasteiger partial charge in [-0.3, -0.25) is 9.59 Å². The Morgan fingerprint density at radius 1 is 1.06 bits per heavy atom. The summed E-state index contributed by atoms with van der Waals surface area (Å²) in [6.45, 7) is 1.32. The zero-order valence-corrected chi connectivity index (χ0v) is 27.1. The van der Waals surface area contributed by atoms with E-state index in [-0.39, 0.29) is 36.7 Å². The molecule has 3 N–H and O–H groups in total. The lowest BCUT2D eigenvalue weighted by Crippen LogP contribution is -2.46. The molecular formula is C31H29BF6INO7. The van der Waals surface area contributed by atoms with Crippen LogP contribution >= 0.6 is 22.6 Å². The van der Waals surface area contributed by atoms with Crippen LogP contribution in [-0.4, -0.2) is 54.0 Å². The number of hydrogen-bond donors (Lipinski definition) is 3. The monoisotopic (exact) mass is 779 g/mol. The molecule has 2 fully saturated rings. The van der Waals surface area contributed by atoms with Crippen molar-refractivity contribution in [2.45, 2.75) is 51.0 Å². The lowest BCUT2D eigenvalue weighted by atomic mass is 9.58. The van der Waals surface area contributed by atoms with Crippen molar-refractivity contribution < 1.29 is 60.6 Å². The number of alkyl halides is 6. The Bertz CT molecular complexity index is 1630. The molecule has 2 heterocycles. The number of amides is 2. The Morgan fingerprint density at radius 2 is 1.70 bits per heavy atom. The minimum absolute atomic E-state index is 0.00460. The third-order valence-electron chi connectivity index (χ3n) is 8.81. The molecule has 8 nitrogen and oxygen atoms in total. The van der Waals surface area contributed by atoms with E-state index < -0.39 is 78.6 Å². The molecule has 2 aromatic rings. The maximum absolute atomic E-state index is 13.8. The third kappa shape index (κ3) is 6.92. The first-order valence-corrected chi connectivity index (χ1v) is 15.6. The first-order chi connectivity index (χ1) is 21.9. The quantitative estimate of drug-likeness (QED) is 0.101. The summed E-state index contributed by atoms with van der Waals surface area (Å²) in [5.74, 6) is -4.88. The molecule has 47 heavy (non-hydrogen) atoms. The molecule has 1 aliphatic carbocycles. The Balaban J connectivity index is 1.45. The number of phenolic OH excluding ortho intramolecular Hbond substituents is 1. The summed E-state index contributed by atoms with van der Waals surface area (Å²) in [4.78, 5) is 27.7. The molecule has 5 rings (SSSR count). The Hall–Kier alpha value is -3.09.